The zero-order valence-corrected chi connectivity index (χ0v) is 18.6. The number of amides is 1. The Morgan fingerprint density at radius 1 is 1.10 bits per heavy atom. The summed E-state index contributed by atoms with van der Waals surface area (Å²) in [7, 11) is -0.326. The Balaban J connectivity index is 1.56. The van der Waals surface area contributed by atoms with Gasteiger partial charge in [-0.25, -0.2) is 12.8 Å². The van der Waals surface area contributed by atoms with Gasteiger partial charge in [-0.3, -0.25) is 9.69 Å². The third kappa shape index (κ3) is 6.03. The molecule has 0 N–H and O–H groups in total. The van der Waals surface area contributed by atoms with Gasteiger partial charge in [-0.05, 0) is 54.9 Å². The van der Waals surface area contributed by atoms with Gasteiger partial charge in [-0.2, -0.15) is 4.31 Å². The molecule has 0 unspecified atom stereocenters. The van der Waals surface area contributed by atoms with E-state index in [0.717, 1.165) is 23.4 Å². The van der Waals surface area contributed by atoms with Crippen molar-refractivity contribution in [1.82, 2.24) is 14.1 Å². The van der Waals surface area contributed by atoms with Crippen LogP contribution >= 0.6 is 0 Å². The third-order valence-corrected chi connectivity index (χ3v) is 7.25. The summed E-state index contributed by atoms with van der Waals surface area (Å²) < 4.78 is 45.5. The molecule has 0 saturated carbocycles. The number of nitrogens with zero attached hydrogens (tertiary/aromatic N) is 3. The maximum Gasteiger partial charge on any atom is 0.243 e. The Morgan fingerprint density at radius 2 is 1.84 bits per heavy atom. The second-order valence-electron chi connectivity index (χ2n) is 7.59. The lowest BCUT2D eigenvalue weighted by molar-refractivity contribution is -0.131. The van der Waals surface area contributed by atoms with E-state index >= 15 is 0 Å². The number of carbonyl (C=O) groups is 1. The lowest BCUT2D eigenvalue weighted by atomic mass is 10.2. The second-order valence-corrected chi connectivity index (χ2v) is 9.53. The molecule has 7 nitrogen and oxygen atoms in total. The van der Waals surface area contributed by atoms with Gasteiger partial charge in [0.25, 0.3) is 0 Å². The average Bonchev–Trinajstić information content (AvgIpc) is 3.00. The maximum atomic E-state index is 13.1. The number of benzene rings is 2. The molecule has 31 heavy (non-hydrogen) atoms. The minimum Gasteiger partial charge on any atom is -0.497 e. The van der Waals surface area contributed by atoms with Gasteiger partial charge in [0.1, 0.15) is 11.6 Å². The van der Waals surface area contributed by atoms with Crippen LogP contribution in [0.1, 0.15) is 12.0 Å². The Morgan fingerprint density at radius 3 is 2.55 bits per heavy atom. The number of likely N-dealkylation sites (N-methyl/N-ethyl adjacent to an activating group) is 1. The van der Waals surface area contributed by atoms with Crippen molar-refractivity contribution in [3.63, 3.8) is 0 Å². The monoisotopic (exact) mass is 449 g/mol. The molecule has 0 spiro atoms. The molecule has 2 aromatic rings. The second kappa shape index (κ2) is 10.2. The van der Waals surface area contributed by atoms with Crippen LogP contribution < -0.4 is 4.74 Å². The van der Waals surface area contributed by atoms with E-state index in [1.165, 1.54) is 16.4 Å². The number of ether oxygens (including phenoxy) is 1. The van der Waals surface area contributed by atoms with E-state index in [4.69, 9.17) is 4.74 Å². The van der Waals surface area contributed by atoms with Gasteiger partial charge in [0.15, 0.2) is 0 Å². The number of carbonyl (C=O) groups excluding carboxylic acids is 1. The van der Waals surface area contributed by atoms with Crippen LogP contribution in [0.5, 0.6) is 5.75 Å². The Labute approximate surface area is 183 Å². The summed E-state index contributed by atoms with van der Waals surface area (Å²) in [5, 5.41) is 0. The molecule has 1 aliphatic heterocycles. The zero-order valence-electron chi connectivity index (χ0n) is 17.8. The van der Waals surface area contributed by atoms with Gasteiger partial charge in [0.2, 0.25) is 15.9 Å². The van der Waals surface area contributed by atoms with Crippen LogP contribution in [0.2, 0.25) is 0 Å². The van der Waals surface area contributed by atoms with Gasteiger partial charge in [-0.1, -0.05) is 12.1 Å². The summed E-state index contributed by atoms with van der Waals surface area (Å²) in [4.78, 5) is 16.4. The predicted octanol–water partition coefficient (Wildman–Crippen LogP) is 2.19. The van der Waals surface area contributed by atoms with Crippen LogP contribution in [0.15, 0.2) is 53.4 Å². The Kier molecular flexibility index (Phi) is 7.64. The van der Waals surface area contributed by atoms with Gasteiger partial charge in [0.05, 0.1) is 18.6 Å². The highest BCUT2D eigenvalue weighted by atomic mass is 32.2. The Hall–Kier alpha value is -2.49. The lowest BCUT2D eigenvalue weighted by Crippen LogP contribution is -2.40. The van der Waals surface area contributed by atoms with Crippen molar-refractivity contribution in [3.8, 4) is 5.75 Å². The van der Waals surface area contributed by atoms with Crippen LogP contribution in [0.3, 0.4) is 0 Å². The number of hydrogen-bond acceptors (Lipinski definition) is 5. The average molecular weight is 450 g/mol. The lowest BCUT2D eigenvalue weighted by Gasteiger charge is -2.24. The predicted molar refractivity (Wildman–Crippen MR) is 116 cm³/mol. The molecule has 2 aromatic carbocycles. The molecule has 0 aliphatic carbocycles. The van der Waals surface area contributed by atoms with Crippen molar-refractivity contribution in [3.05, 3.63) is 59.9 Å². The van der Waals surface area contributed by atoms with Crippen molar-refractivity contribution >= 4 is 15.9 Å². The molecule has 9 heteroatoms. The Bertz CT molecular complexity index is 998. The summed E-state index contributed by atoms with van der Waals surface area (Å²) in [6, 6.07) is 12.4. The standard InChI is InChI=1S/C22H28FN3O4S/c1-24(16-18-5-3-6-20(15-18)30-2)22(27)17-25-11-4-12-26(14-13-25)31(28,29)21-9-7-19(23)8-10-21/h3,5-10,15H,4,11-14,16-17H2,1-2H3. The quantitative estimate of drug-likeness (QED) is 0.648. The SMILES string of the molecule is COc1cccc(CN(C)C(=O)CN2CCCN(S(=O)(=O)c3ccc(F)cc3)CC2)c1. The number of halogens is 1. The van der Waals surface area contributed by atoms with Crippen molar-refractivity contribution in [1.29, 1.82) is 0 Å². The largest absolute Gasteiger partial charge is 0.497 e. The van der Waals surface area contributed by atoms with Crippen LogP contribution in [0, 0.1) is 5.82 Å². The molecule has 1 heterocycles. The summed E-state index contributed by atoms with van der Waals surface area (Å²) in [5.41, 5.74) is 0.975. The van der Waals surface area contributed by atoms with E-state index in [-0.39, 0.29) is 23.9 Å². The van der Waals surface area contributed by atoms with Gasteiger partial charge >= 0.3 is 0 Å². The van der Waals surface area contributed by atoms with Crippen molar-refractivity contribution in [2.75, 3.05) is 46.9 Å². The van der Waals surface area contributed by atoms with E-state index in [0.29, 0.717) is 32.6 Å². The number of hydrogen-bond donors (Lipinski definition) is 0. The first-order chi connectivity index (χ1) is 14.8. The van der Waals surface area contributed by atoms with Crippen LogP contribution in [0.4, 0.5) is 4.39 Å². The van der Waals surface area contributed by atoms with Crippen LogP contribution in [-0.2, 0) is 21.4 Å². The highest BCUT2D eigenvalue weighted by Crippen LogP contribution is 2.18. The van der Waals surface area contributed by atoms with E-state index in [1.807, 2.05) is 29.2 Å². The number of methoxy groups -OCH3 is 1. The molecule has 168 valence electrons. The van der Waals surface area contributed by atoms with Crippen LogP contribution in [-0.4, -0.2) is 75.3 Å². The molecule has 1 saturated heterocycles. The highest BCUT2D eigenvalue weighted by molar-refractivity contribution is 7.89. The van der Waals surface area contributed by atoms with Gasteiger partial charge < -0.3 is 9.64 Å². The molecule has 1 fully saturated rings. The molecule has 1 amide bonds. The fourth-order valence-electron chi connectivity index (χ4n) is 3.55. The zero-order chi connectivity index (χ0) is 22.4. The summed E-state index contributed by atoms with van der Waals surface area (Å²) in [5.74, 6) is 0.239. The van der Waals surface area contributed by atoms with E-state index in [9.17, 15) is 17.6 Å². The minimum absolute atomic E-state index is 0.0299. The molecule has 1 aliphatic rings. The third-order valence-electron chi connectivity index (χ3n) is 5.34. The molecule has 0 atom stereocenters. The fraction of sp³-hybridized carbons (Fsp3) is 0.409. The molecule has 0 radical (unpaired) electrons. The van der Waals surface area contributed by atoms with E-state index < -0.39 is 15.8 Å². The van der Waals surface area contributed by atoms with Crippen molar-refractivity contribution in [2.45, 2.75) is 17.9 Å². The molecular formula is C22H28FN3O4S. The summed E-state index contributed by atoms with van der Waals surface area (Å²) in [6.07, 6.45) is 0.618. The normalized spacial score (nSPS) is 16.0. The van der Waals surface area contributed by atoms with Crippen LogP contribution in [0.25, 0.3) is 0 Å². The highest BCUT2D eigenvalue weighted by Gasteiger charge is 2.27. The van der Waals surface area contributed by atoms with E-state index in [1.54, 1.807) is 19.1 Å². The first-order valence-electron chi connectivity index (χ1n) is 10.1. The van der Waals surface area contributed by atoms with Gasteiger partial charge in [-0.15, -0.1) is 0 Å². The molecule has 0 aromatic heterocycles. The van der Waals surface area contributed by atoms with E-state index in [2.05, 4.69) is 0 Å². The van der Waals surface area contributed by atoms with Gasteiger partial charge in [0, 0.05) is 33.2 Å². The maximum absolute atomic E-state index is 13.1. The molecular weight excluding hydrogens is 421 g/mol. The van der Waals surface area contributed by atoms with Crippen molar-refractivity contribution < 1.29 is 22.3 Å². The summed E-state index contributed by atoms with van der Waals surface area (Å²) in [6.45, 7) is 2.43. The number of sulfonamides is 1. The van der Waals surface area contributed by atoms with Crippen molar-refractivity contribution in [2.24, 2.45) is 0 Å². The summed E-state index contributed by atoms with van der Waals surface area (Å²) >= 11 is 0. The first kappa shape index (κ1) is 23.2. The minimum atomic E-state index is -3.68. The fourth-order valence-corrected chi connectivity index (χ4v) is 5.02. The molecule has 3 rings (SSSR count). The first-order valence-corrected chi connectivity index (χ1v) is 11.6. The molecule has 0 bridgehead atoms. The number of rotatable bonds is 7. The topological polar surface area (TPSA) is 70.2 Å². The smallest absolute Gasteiger partial charge is 0.243 e.